The molecular weight excluding hydrogens is 246 g/mol. The second-order valence-corrected chi connectivity index (χ2v) is 6.34. The van der Waals surface area contributed by atoms with E-state index in [0.29, 0.717) is 5.78 Å². The summed E-state index contributed by atoms with van der Waals surface area (Å²) in [6, 6.07) is 8.51. The molecule has 1 aromatic carbocycles. The molecule has 1 aromatic rings. The lowest BCUT2D eigenvalue weighted by Crippen LogP contribution is -2.34. The first-order chi connectivity index (χ1) is 9.60. The van der Waals surface area contributed by atoms with Crippen LogP contribution in [0.5, 0.6) is 0 Å². The number of rotatable bonds is 5. The Kier molecular flexibility index (Phi) is 5.36. The second kappa shape index (κ2) is 7.03. The maximum absolute atomic E-state index is 12.1. The maximum Gasteiger partial charge on any atom is 0.137 e. The van der Waals surface area contributed by atoms with Crippen molar-refractivity contribution in [2.75, 3.05) is 13.6 Å². The van der Waals surface area contributed by atoms with E-state index >= 15 is 0 Å². The molecule has 0 saturated heterocycles. The topological polar surface area (TPSA) is 20.3 Å². The molecule has 0 amide bonds. The number of carbonyl (C=O) groups is 1. The largest absolute Gasteiger partial charge is 0.301 e. The van der Waals surface area contributed by atoms with Crippen LogP contribution in [0.25, 0.3) is 0 Å². The first kappa shape index (κ1) is 15.2. The van der Waals surface area contributed by atoms with Gasteiger partial charge in [-0.3, -0.25) is 4.79 Å². The molecule has 1 aliphatic carbocycles. The van der Waals surface area contributed by atoms with Crippen molar-refractivity contribution in [3.63, 3.8) is 0 Å². The van der Waals surface area contributed by atoms with Gasteiger partial charge in [0.15, 0.2) is 0 Å². The van der Waals surface area contributed by atoms with Crippen molar-refractivity contribution < 1.29 is 4.79 Å². The van der Waals surface area contributed by atoms with Crippen LogP contribution < -0.4 is 0 Å². The normalized spacial score (nSPS) is 23.3. The summed E-state index contributed by atoms with van der Waals surface area (Å²) in [6.45, 7) is 6.24. The Bertz CT molecular complexity index is 454. The second-order valence-electron chi connectivity index (χ2n) is 6.34. The van der Waals surface area contributed by atoms with Crippen LogP contribution in [-0.4, -0.2) is 24.3 Å². The molecule has 0 heterocycles. The van der Waals surface area contributed by atoms with Crippen molar-refractivity contribution in [3.8, 4) is 0 Å². The van der Waals surface area contributed by atoms with Crippen molar-refractivity contribution in [1.82, 2.24) is 4.90 Å². The van der Waals surface area contributed by atoms with Gasteiger partial charge in [0.25, 0.3) is 0 Å². The van der Waals surface area contributed by atoms with Gasteiger partial charge in [-0.15, -0.1) is 0 Å². The Morgan fingerprint density at radius 3 is 2.75 bits per heavy atom. The quantitative estimate of drug-likeness (QED) is 0.813. The number of hydrogen-bond acceptors (Lipinski definition) is 2. The molecular formula is C18H27NO. The number of aryl methyl sites for hydroxylation is 1. The molecule has 110 valence electrons. The third-order valence-corrected chi connectivity index (χ3v) is 4.68. The highest BCUT2D eigenvalue weighted by atomic mass is 16.1. The van der Waals surface area contributed by atoms with E-state index in [1.807, 2.05) is 0 Å². The molecule has 2 rings (SSSR count). The molecule has 0 N–H and O–H groups in total. The van der Waals surface area contributed by atoms with E-state index in [2.05, 4.69) is 50.1 Å². The number of carbonyl (C=O) groups excluding carboxylic acids is 1. The monoisotopic (exact) mass is 273 g/mol. The predicted octanol–water partition coefficient (Wildman–Crippen LogP) is 3.82. The van der Waals surface area contributed by atoms with E-state index < -0.39 is 0 Å². The Labute approximate surface area is 123 Å². The van der Waals surface area contributed by atoms with E-state index in [1.165, 1.54) is 17.5 Å². The van der Waals surface area contributed by atoms with Crippen molar-refractivity contribution in [1.29, 1.82) is 0 Å². The lowest BCUT2D eigenvalue weighted by atomic mass is 9.79. The average molecular weight is 273 g/mol. The summed E-state index contributed by atoms with van der Waals surface area (Å²) in [5.74, 6) is 1.48. The van der Waals surface area contributed by atoms with Crippen molar-refractivity contribution >= 4 is 5.78 Å². The fourth-order valence-electron chi connectivity index (χ4n) is 3.27. The van der Waals surface area contributed by atoms with E-state index in [4.69, 9.17) is 0 Å². The van der Waals surface area contributed by atoms with Crippen LogP contribution in [0.1, 0.15) is 43.7 Å². The molecule has 2 heteroatoms. The number of ketones is 1. The van der Waals surface area contributed by atoms with Gasteiger partial charge in [0.05, 0.1) is 0 Å². The van der Waals surface area contributed by atoms with Crippen molar-refractivity contribution in [2.24, 2.45) is 11.8 Å². The summed E-state index contributed by atoms with van der Waals surface area (Å²) < 4.78 is 0. The van der Waals surface area contributed by atoms with Crippen LogP contribution in [0, 0.1) is 18.8 Å². The molecule has 0 radical (unpaired) electrons. The summed E-state index contributed by atoms with van der Waals surface area (Å²) in [5.41, 5.74) is 2.70. The number of benzene rings is 1. The molecule has 0 bridgehead atoms. The minimum atomic E-state index is 0.253. The lowest BCUT2D eigenvalue weighted by molar-refractivity contribution is -0.126. The van der Waals surface area contributed by atoms with Crippen LogP contribution >= 0.6 is 0 Å². The number of Topliss-reactive ketones (excluding diaryl/α,β-unsaturated/α-hetero) is 1. The predicted molar refractivity (Wildman–Crippen MR) is 83.6 cm³/mol. The van der Waals surface area contributed by atoms with Gasteiger partial charge in [-0.2, -0.15) is 0 Å². The van der Waals surface area contributed by atoms with E-state index in [0.717, 1.165) is 38.3 Å². The summed E-state index contributed by atoms with van der Waals surface area (Å²) >= 11 is 0. The standard InChI is InChI=1S/C18H27NO/c1-4-15-9-10-18(20)17(11-15)13-19(3)12-16-8-6-5-7-14(16)2/h5-8,15,17H,4,9-13H2,1-3H3. The molecule has 2 unspecified atom stereocenters. The fourth-order valence-corrected chi connectivity index (χ4v) is 3.27. The van der Waals surface area contributed by atoms with Crippen LogP contribution in [0.4, 0.5) is 0 Å². The molecule has 0 spiro atoms. The Hall–Kier alpha value is -1.15. The minimum Gasteiger partial charge on any atom is -0.301 e. The minimum absolute atomic E-state index is 0.253. The van der Waals surface area contributed by atoms with Gasteiger partial charge in [0.2, 0.25) is 0 Å². The first-order valence-electron chi connectivity index (χ1n) is 7.86. The van der Waals surface area contributed by atoms with Gasteiger partial charge >= 0.3 is 0 Å². The Morgan fingerprint density at radius 2 is 2.05 bits per heavy atom. The third kappa shape index (κ3) is 3.92. The van der Waals surface area contributed by atoms with Crippen molar-refractivity contribution in [2.45, 2.75) is 46.1 Å². The van der Waals surface area contributed by atoms with Gasteiger partial charge in [-0.1, -0.05) is 37.6 Å². The van der Waals surface area contributed by atoms with Crippen LogP contribution in [0.3, 0.4) is 0 Å². The molecule has 2 nitrogen and oxygen atoms in total. The number of nitrogens with zero attached hydrogens (tertiary/aromatic N) is 1. The van der Waals surface area contributed by atoms with E-state index in [9.17, 15) is 4.79 Å². The Balaban J connectivity index is 1.92. The molecule has 0 aliphatic heterocycles. The lowest BCUT2D eigenvalue weighted by Gasteiger charge is -2.30. The molecule has 20 heavy (non-hydrogen) atoms. The third-order valence-electron chi connectivity index (χ3n) is 4.68. The highest BCUT2D eigenvalue weighted by Crippen LogP contribution is 2.29. The summed E-state index contributed by atoms with van der Waals surface area (Å²) in [5, 5.41) is 0. The zero-order valence-electron chi connectivity index (χ0n) is 13.1. The van der Waals surface area contributed by atoms with Crippen LogP contribution in [0.2, 0.25) is 0 Å². The van der Waals surface area contributed by atoms with Crippen LogP contribution in [-0.2, 0) is 11.3 Å². The molecule has 2 atom stereocenters. The van der Waals surface area contributed by atoms with Gasteiger partial charge in [0, 0.05) is 25.4 Å². The Morgan fingerprint density at radius 1 is 1.30 bits per heavy atom. The molecule has 1 aliphatic rings. The van der Waals surface area contributed by atoms with Gasteiger partial charge in [0.1, 0.15) is 5.78 Å². The maximum atomic E-state index is 12.1. The smallest absolute Gasteiger partial charge is 0.137 e. The average Bonchev–Trinajstić information content (AvgIpc) is 2.44. The molecule has 1 fully saturated rings. The first-order valence-corrected chi connectivity index (χ1v) is 7.86. The van der Waals surface area contributed by atoms with E-state index in [-0.39, 0.29) is 5.92 Å². The zero-order valence-corrected chi connectivity index (χ0v) is 13.1. The SMILES string of the molecule is CCC1CCC(=O)C(CN(C)Cc2ccccc2C)C1. The summed E-state index contributed by atoms with van der Waals surface area (Å²) in [4.78, 5) is 14.4. The van der Waals surface area contributed by atoms with E-state index in [1.54, 1.807) is 0 Å². The van der Waals surface area contributed by atoms with Crippen molar-refractivity contribution in [3.05, 3.63) is 35.4 Å². The highest BCUT2D eigenvalue weighted by molar-refractivity contribution is 5.81. The summed E-state index contributed by atoms with van der Waals surface area (Å²) in [6.07, 6.45) is 4.20. The van der Waals surface area contributed by atoms with Gasteiger partial charge < -0.3 is 4.90 Å². The fraction of sp³-hybridized carbons (Fsp3) is 0.611. The molecule has 0 aromatic heterocycles. The van der Waals surface area contributed by atoms with Crippen LogP contribution in [0.15, 0.2) is 24.3 Å². The number of hydrogen-bond donors (Lipinski definition) is 0. The zero-order chi connectivity index (χ0) is 14.5. The summed E-state index contributed by atoms with van der Waals surface area (Å²) in [7, 11) is 2.13. The molecule has 1 saturated carbocycles. The van der Waals surface area contributed by atoms with Gasteiger partial charge in [-0.25, -0.2) is 0 Å². The highest BCUT2D eigenvalue weighted by Gasteiger charge is 2.28. The van der Waals surface area contributed by atoms with Gasteiger partial charge in [-0.05, 0) is 43.9 Å².